The van der Waals surface area contributed by atoms with E-state index < -0.39 is 29.2 Å². The van der Waals surface area contributed by atoms with E-state index in [0.717, 1.165) is 6.07 Å². The molecule has 0 bridgehead atoms. The molecule has 0 spiro atoms. The molecule has 102 valence electrons. The zero-order valence-electron chi connectivity index (χ0n) is 9.87. The van der Waals surface area contributed by atoms with Gasteiger partial charge in [-0.2, -0.15) is 26.3 Å². The molecule has 0 saturated heterocycles. The van der Waals surface area contributed by atoms with Crippen molar-refractivity contribution >= 4 is 0 Å². The van der Waals surface area contributed by atoms with Gasteiger partial charge in [-0.15, -0.1) is 0 Å². The highest BCUT2D eigenvalue weighted by Crippen LogP contribution is 2.38. The quantitative estimate of drug-likeness (QED) is 0.637. The number of nitrogens with zero attached hydrogens (tertiary/aromatic N) is 1. The van der Waals surface area contributed by atoms with Gasteiger partial charge < -0.3 is 0 Å². The number of pyridine rings is 1. The maximum Gasteiger partial charge on any atom is 0.433 e. The Morgan fingerprint density at radius 1 is 0.833 bits per heavy atom. The second kappa shape index (κ2) is 4.13. The highest BCUT2D eigenvalue weighted by Gasteiger charge is 2.41. The van der Waals surface area contributed by atoms with E-state index in [0.29, 0.717) is 6.07 Å². The molecule has 7 heteroatoms. The van der Waals surface area contributed by atoms with Crippen molar-refractivity contribution in [2.24, 2.45) is 0 Å². The molecular weight excluding hydrogens is 260 g/mol. The first-order valence-corrected chi connectivity index (χ1v) is 4.99. The van der Waals surface area contributed by atoms with Gasteiger partial charge in [-0.25, -0.2) is 4.98 Å². The lowest BCUT2D eigenvalue weighted by Gasteiger charge is -2.24. The Kier molecular flexibility index (Phi) is 3.40. The molecular formula is C11H11F6N. The molecule has 1 rings (SSSR count). The summed E-state index contributed by atoms with van der Waals surface area (Å²) in [6.45, 7) is 4.44. The normalized spacial score (nSPS) is 13.8. The summed E-state index contributed by atoms with van der Waals surface area (Å²) in [6, 6.07) is 1.40. The number of rotatable bonds is 0. The first-order chi connectivity index (χ1) is 7.83. The minimum atomic E-state index is -4.91. The van der Waals surface area contributed by atoms with Gasteiger partial charge in [-0.3, -0.25) is 0 Å². The van der Waals surface area contributed by atoms with E-state index in [1.807, 2.05) is 0 Å². The van der Waals surface area contributed by atoms with Crippen molar-refractivity contribution in [3.8, 4) is 0 Å². The molecule has 1 nitrogen and oxygen atoms in total. The van der Waals surface area contributed by atoms with Gasteiger partial charge in [0.1, 0.15) is 11.4 Å². The molecule has 0 aromatic carbocycles. The Hall–Kier alpha value is -1.27. The van der Waals surface area contributed by atoms with E-state index in [2.05, 4.69) is 4.98 Å². The lowest BCUT2D eigenvalue weighted by molar-refractivity contribution is -0.150. The Balaban J connectivity index is 3.50. The molecule has 0 radical (unpaired) electrons. The summed E-state index contributed by atoms with van der Waals surface area (Å²) in [5.41, 5.74) is -4.22. The van der Waals surface area contributed by atoms with Gasteiger partial charge in [0.2, 0.25) is 0 Å². The van der Waals surface area contributed by atoms with E-state index in [1.54, 1.807) is 0 Å². The summed E-state index contributed by atoms with van der Waals surface area (Å²) in [4.78, 5) is 2.73. The summed E-state index contributed by atoms with van der Waals surface area (Å²) in [5.74, 6) is 0. The van der Waals surface area contributed by atoms with Crippen LogP contribution in [0.2, 0.25) is 0 Å². The third kappa shape index (κ3) is 3.14. The van der Waals surface area contributed by atoms with E-state index in [1.165, 1.54) is 20.8 Å². The molecule has 0 aliphatic heterocycles. The van der Waals surface area contributed by atoms with Gasteiger partial charge >= 0.3 is 12.4 Å². The SMILES string of the molecule is CC(C)(C)c1ccc(C(F)(F)F)nc1C(F)(F)F. The summed E-state index contributed by atoms with van der Waals surface area (Å²) in [5, 5.41) is 0. The van der Waals surface area contributed by atoms with Crippen LogP contribution in [0.5, 0.6) is 0 Å². The van der Waals surface area contributed by atoms with Crippen molar-refractivity contribution in [1.29, 1.82) is 0 Å². The molecule has 0 unspecified atom stereocenters. The largest absolute Gasteiger partial charge is 0.433 e. The van der Waals surface area contributed by atoms with Crippen LogP contribution >= 0.6 is 0 Å². The van der Waals surface area contributed by atoms with Crippen LogP contribution in [0.4, 0.5) is 26.3 Å². The summed E-state index contributed by atoms with van der Waals surface area (Å²) in [6.07, 6.45) is -9.81. The van der Waals surface area contributed by atoms with E-state index in [9.17, 15) is 26.3 Å². The van der Waals surface area contributed by atoms with Crippen LogP contribution in [-0.2, 0) is 17.8 Å². The van der Waals surface area contributed by atoms with Crippen molar-refractivity contribution in [1.82, 2.24) is 4.98 Å². The van der Waals surface area contributed by atoms with Gasteiger partial charge in [0.05, 0.1) is 0 Å². The van der Waals surface area contributed by atoms with Crippen LogP contribution < -0.4 is 0 Å². The fourth-order valence-corrected chi connectivity index (χ4v) is 1.44. The van der Waals surface area contributed by atoms with E-state index in [4.69, 9.17) is 0 Å². The highest BCUT2D eigenvalue weighted by atomic mass is 19.4. The number of alkyl halides is 6. The molecule has 1 aromatic rings. The van der Waals surface area contributed by atoms with Crippen molar-refractivity contribution in [3.63, 3.8) is 0 Å². The topological polar surface area (TPSA) is 12.9 Å². The lowest BCUT2D eigenvalue weighted by Crippen LogP contribution is -2.23. The molecule has 0 fully saturated rings. The average Bonchev–Trinajstić information content (AvgIpc) is 2.12. The third-order valence-corrected chi connectivity index (χ3v) is 2.26. The first kappa shape index (κ1) is 14.8. The monoisotopic (exact) mass is 271 g/mol. The molecule has 0 aliphatic carbocycles. The Bertz CT molecular complexity index is 438. The van der Waals surface area contributed by atoms with Crippen molar-refractivity contribution in [2.75, 3.05) is 0 Å². The van der Waals surface area contributed by atoms with Crippen molar-refractivity contribution < 1.29 is 26.3 Å². The van der Waals surface area contributed by atoms with Gasteiger partial charge in [-0.1, -0.05) is 26.8 Å². The van der Waals surface area contributed by atoms with Crippen LogP contribution in [-0.4, -0.2) is 4.98 Å². The molecule has 0 N–H and O–H groups in total. The predicted octanol–water partition coefficient (Wildman–Crippen LogP) is 4.42. The Morgan fingerprint density at radius 3 is 1.67 bits per heavy atom. The van der Waals surface area contributed by atoms with Gasteiger partial charge in [0.25, 0.3) is 0 Å². The molecule has 1 aromatic heterocycles. The summed E-state index contributed by atoms with van der Waals surface area (Å²) < 4.78 is 75.2. The Labute approximate surface area is 99.8 Å². The molecule has 1 heterocycles. The lowest BCUT2D eigenvalue weighted by atomic mass is 9.85. The standard InChI is InChI=1S/C11H11F6N/c1-9(2,3)6-4-5-7(10(12,13)14)18-8(6)11(15,16)17/h4-5H,1-3H3. The molecule has 0 atom stereocenters. The fourth-order valence-electron chi connectivity index (χ4n) is 1.44. The number of hydrogen-bond acceptors (Lipinski definition) is 1. The molecule has 18 heavy (non-hydrogen) atoms. The second-order valence-corrected chi connectivity index (χ2v) is 4.84. The minimum absolute atomic E-state index is 0.261. The maximum absolute atomic E-state index is 12.7. The van der Waals surface area contributed by atoms with Crippen LogP contribution in [0.15, 0.2) is 12.1 Å². The minimum Gasteiger partial charge on any atom is -0.239 e. The number of hydrogen-bond donors (Lipinski definition) is 0. The molecule has 0 aliphatic rings. The zero-order valence-corrected chi connectivity index (χ0v) is 9.87. The van der Waals surface area contributed by atoms with Crippen molar-refractivity contribution in [3.05, 3.63) is 29.1 Å². The summed E-state index contributed by atoms with van der Waals surface area (Å²) >= 11 is 0. The maximum atomic E-state index is 12.7. The third-order valence-electron chi connectivity index (χ3n) is 2.26. The average molecular weight is 271 g/mol. The van der Waals surface area contributed by atoms with Crippen LogP contribution in [0.25, 0.3) is 0 Å². The summed E-state index contributed by atoms with van der Waals surface area (Å²) in [7, 11) is 0. The van der Waals surface area contributed by atoms with Gasteiger partial charge in [-0.05, 0) is 17.0 Å². The fraction of sp³-hybridized carbons (Fsp3) is 0.545. The predicted molar refractivity (Wildman–Crippen MR) is 52.9 cm³/mol. The number of halogens is 6. The molecule has 0 saturated carbocycles. The van der Waals surface area contributed by atoms with Crippen LogP contribution in [0, 0.1) is 0 Å². The smallest absolute Gasteiger partial charge is 0.239 e. The van der Waals surface area contributed by atoms with E-state index >= 15 is 0 Å². The molecule has 0 amide bonds. The highest BCUT2D eigenvalue weighted by molar-refractivity contribution is 5.32. The first-order valence-electron chi connectivity index (χ1n) is 4.99. The number of aromatic nitrogens is 1. The van der Waals surface area contributed by atoms with E-state index in [-0.39, 0.29) is 5.56 Å². The van der Waals surface area contributed by atoms with Gasteiger partial charge in [0, 0.05) is 0 Å². The van der Waals surface area contributed by atoms with Gasteiger partial charge in [0.15, 0.2) is 0 Å². The van der Waals surface area contributed by atoms with Crippen molar-refractivity contribution in [2.45, 2.75) is 38.5 Å². The Morgan fingerprint density at radius 2 is 1.33 bits per heavy atom. The second-order valence-electron chi connectivity index (χ2n) is 4.84. The van der Waals surface area contributed by atoms with Crippen LogP contribution in [0.3, 0.4) is 0 Å². The van der Waals surface area contributed by atoms with Crippen LogP contribution in [0.1, 0.15) is 37.7 Å². The zero-order chi connectivity index (χ0) is 14.4.